The monoisotopic (exact) mass is 188 g/mol. The van der Waals surface area contributed by atoms with Gasteiger partial charge >= 0.3 is 5.97 Å². The standard InChI is InChI=1S/C7H14N2O2.C2H6/c1-7(9,6(10)11)4-2-3-5-8;1-2/h2-3H,4-5,8-9H2,1H3,(H,10,11);1-2H3/b3-2+;/t7-;/m0./s1. The first-order valence-corrected chi connectivity index (χ1v) is 4.38. The molecule has 0 aromatic rings. The normalized spacial score (nSPS) is 14.5. The molecule has 0 saturated carbocycles. The molecule has 0 aliphatic heterocycles. The minimum absolute atomic E-state index is 0.305. The van der Waals surface area contributed by atoms with Gasteiger partial charge in [-0.1, -0.05) is 26.0 Å². The number of hydrogen-bond donors (Lipinski definition) is 3. The Morgan fingerprint density at radius 1 is 1.46 bits per heavy atom. The van der Waals surface area contributed by atoms with Crippen molar-refractivity contribution >= 4 is 5.97 Å². The second-order valence-electron chi connectivity index (χ2n) is 2.63. The number of carbonyl (C=O) groups is 1. The highest BCUT2D eigenvalue weighted by Gasteiger charge is 2.25. The Morgan fingerprint density at radius 3 is 2.23 bits per heavy atom. The Balaban J connectivity index is 0. The molecule has 0 unspecified atom stereocenters. The number of nitrogens with two attached hydrogens (primary N) is 2. The quantitative estimate of drug-likeness (QED) is 0.567. The fourth-order valence-corrected chi connectivity index (χ4v) is 0.512. The maximum Gasteiger partial charge on any atom is 0.323 e. The maximum atomic E-state index is 10.4. The van der Waals surface area contributed by atoms with E-state index in [1.807, 2.05) is 13.8 Å². The maximum absolute atomic E-state index is 10.4. The van der Waals surface area contributed by atoms with E-state index in [4.69, 9.17) is 16.6 Å². The predicted molar refractivity (Wildman–Crippen MR) is 54.4 cm³/mol. The van der Waals surface area contributed by atoms with Crippen molar-refractivity contribution in [2.45, 2.75) is 32.7 Å². The number of aliphatic carboxylic acids is 1. The zero-order valence-electron chi connectivity index (χ0n) is 8.58. The summed E-state index contributed by atoms with van der Waals surface area (Å²) in [4.78, 5) is 10.4. The molecule has 0 bridgehead atoms. The highest BCUT2D eigenvalue weighted by atomic mass is 16.4. The highest BCUT2D eigenvalue weighted by Crippen LogP contribution is 2.05. The summed E-state index contributed by atoms with van der Waals surface area (Å²) in [5, 5.41) is 8.55. The van der Waals surface area contributed by atoms with E-state index in [0.29, 0.717) is 13.0 Å². The van der Waals surface area contributed by atoms with Crippen LogP contribution < -0.4 is 11.5 Å². The van der Waals surface area contributed by atoms with E-state index in [1.165, 1.54) is 6.92 Å². The Bertz CT molecular complexity index is 165. The second kappa shape index (κ2) is 7.76. The topological polar surface area (TPSA) is 89.3 Å². The molecule has 78 valence electrons. The molecule has 0 saturated heterocycles. The molecule has 13 heavy (non-hydrogen) atoms. The van der Waals surface area contributed by atoms with Crippen LogP contribution in [0.3, 0.4) is 0 Å². The van der Waals surface area contributed by atoms with Crippen LogP contribution in [0.1, 0.15) is 27.2 Å². The van der Waals surface area contributed by atoms with Crippen molar-refractivity contribution < 1.29 is 9.90 Å². The molecule has 1 atom stereocenters. The molecule has 5 N–H and O–H groups in total. The Kier molecular flexibility index (Phi) is 8.74. The van der Waals surface area contributed by atoms with Gasteiger partial charge in [0, 0.05) is 6.54 Å². The fourth-order valence-electron chi connectivity index (χ4n) is 0.512. The zero-order valence-corrected chi connectivity index (χ0v) is 8.58. The molecule has 0 fully saturated rings. The van der Waals surface area contributed by atoms with Crippen LogP contribution in [0, 0.1) is 0 Å². The lowest BCUT2D eigenvalue weighted by molar-refractivity contribution is -0.142. The van der Waals surface area contributed by atoms with Crippen molar-refractivity contribution in [3.63, 3.8) is 0 Å². The van der Waals surface area contributed by atoms with E-state index in [-0.39, 0.29) is 0 Å². The van der Waals surface area contributed by atoms with Gasteiger partial charge < -0.3 is 16.6 Å². The summed E-state index contributed by atoms with van der Waals surface area (Å²) in [6.45, 7) is 5.88. The van der Waals surface area contributed by atoms with Gasteiger partial charge in [0.25, 0.3) is 0 Å². The van der Waals surface area contributed by atoms with Crippen molar-refractivity contribution in [2.75, 3.05) is 6.54 Å². The third-order valence-corrected chi connectivity index (χ3v) is 1.33. The third-order valence-electron chi connectivity index (χ3n) is 1.33. The van der Waals surface area contributed by atoms with Gasteiger partial charge in [-0.3, -0.25) is 4.79 Å². The number of carboxylic acid groups (broad SMARTS) is 1. The average molecular weight is 188 g/mol. The fraction of sp³-hybridized carbons (Fsp3) is 0.667. The molecule has 0 aromatic carbocycles. The van der Waals surface area contributed by atoms with Crippen LogP contribution in [0.25, 0.3) is 0 Å². The predicted octanol–water partition coefficient (Wildman–Crippen LogP) is 0.720. The van der Waals surface area contributed by atoms with Crippen LogP contribution >= 0.6 is 0 Å². The van der Waals surface area contributed by atoms with Gasteiger partial charge in [-0.2, -0.15) is 0 Å². The van der Waals surface area contributed by atoms with E-state index >= 15 is 0 Å². The highest BCUT2D eigenvalue weighted by molar-refractivity contribution is 5.78. The van der Waals surface area contributed by atoms with Gasteiger partial charge in [-0.25, -0.2) is 0 Å². The molecule has 0 aliphatic carbocycles. The van der Waals surface area contributed by atoms with Crippen LogP contribution in [0.5, 0.6) is 0 Å². The van der Waals surface area contributed by atoms with Crippen molar-refractivity contribution in [3.8, 4) is 0 Å². The van der Waals surface area contributed by atoms with Crippen LogP contribution in [-0.4, -0.2) is 23.2 Å². The van der Waals surface area contributed by atoms with E-state index < -0.39 is 11.5 Å². The molecule has 0 amide bonds. The summed E-state index contributed by atoms with van der Waals surface area (Å²) in [7, 11) is 0. The van der Waals surface area contributed by atoms with E-state index in [0.717, 1.165) is 0 Å². The Labute approximate surface area is 79.6 Å². The molecule has 0 rings (SSSR count). The van der Waals surface area contributed by atoms with Crippen LogP contribution in [0.4, 0.5) is 0 Å². The van der Waals surface area contributed by atoms with Gasteiger partial charge in [0.05, 0.1) is 0 Å². The van der Waals surface area contributed by atoms with Crippen molar-refractivity contribution in [1.82, 2.24) is 0 Å². The minimum atomic E-state index is -1.17. The SMILES string of the molecule is CC.C[C@](N)(C/C=C/CN)C(=O)O. The summed E-state index contributed by atoms with van der Waals surface area (Å²) < 4.78 is 0. The van der Waals surface area contributed by atoms with Crippen molar-refractivity contribution in [1.29, 1.82) is 0 Å². The first kappa shape index (κ1) is 14.6. The number of hydrogen-bond acceptors (Lipinski definition) is 3. The van der Waals surface area contributed by atoms with E-state index in [2.05, 4.69) is 0 Å². The summed E-state index contributed by atoms with van der Waals surface area (Å²) >= 11 is 0. The Hall–Kier alpha value is -0.870. The van der Waals surface area contributed by atoms with Crippen molar-refractivity contribution in [3.05, 3.63) is 12.2 Å². The van der Waals surface area contributed by atoms with Gasteiger partial charge in [0.2, 0.25) is 0 Å². The van der Waals surface area contributed by atoms with Gasteiger partial charge in [0.15, 0.2) is 0 Å². The van der Waals surface area contributed by atoms with Crippen LogP contribution in [0.2, 0.25) is 0 Å². The first-order chi connectivity index (χ1) is 6.00. The number of carboxylic acids is 1. The summed E-state index contributed by atoms with van der Waals surface area (Å²) in [5.41, 5.74) is 9.39. The van der Waals surface area contributed by atoms with Crippen molar-refractivity contribution in [2.24, 2.45) is 11.5 Å². The third kappa shape index (κ3) is 7.49. The molecule has 0 aromatic heterocycles. The lowest BCUT2D eigenvalue weighted by Gasteiger charge is -2.15. The van der Waals surface area contributed by atoms with Gasteiger partial charge in [-0.05, 0) is 13.3 Å². The van der Waals surface area contributed by atoms with Gasteiger partial charge in [-0.15, -0.1) is 0 Å². The molecular weight excluding hydrogens is 168 g/mol. The second-order valence-corrected chi connectivity index (χ2v) is 2.63. The zero-order chi connectivity index (χ0) is 10.9. The largest absolute Gasteiger partial charge is 0.480 e. The van der Waals surface area contributed by atoms with E-state index in [1.54, 1.807) is 12.2 Å². The molecule has 4 nitrogen and oxygen atoms in total. The van der Waals surface area contributed by atoms with Crippen LogP contribution in [0.15, 0.2) is 12.2 Å². The average Bonchev–Trinajstić information content (AvgIpc) is 2.08. The Morgan fingerprint density at radius 2 is 1.92 bits per heavy atom. The van der Waals surface area contributed by atoms with Gasteiger partial charge in [0.1, 0.15) is 5.54 Å². The molecule has 0 heterocycles. The van der Waals surface area contributed by atoms with Crippen LogP contribution in [-0.2, 0) is 4.79 Å². The lowest BCUT2D eigenvalue weighted by atomic mass is 10.00. The summed E-state index contributed by atoms with van der Waals surface area (Å²) in [6, 6.07) is 0. The summed E-state index contributed by atoms with van der Waals surface area (Å²) in [6.07, 6.45) is 3.67. The summed E-state index contributed by atoms with van der Waals surface area (Å²) in [5.74, 6) is -1.00. The lowest BCUT2D eigenvalue weighted by Crippen LogP contribution is -2.44. The molecule has 0 radical (unpaired) electrons. The molecule has 0 spiro atoms. The minimum Gasteiger partial charge on any atom is -0.480 e. The first-order valence-electron chi connectivity index (χ1n) is 4.38. The number of rotatable bonds is 4. The molecule has 0 aliphatic rings. The molecular formula is C9H20N2O2. The molecule has 4 heteroatoms. The van der Waals surface area contributed by atoms with E-state index in [9.17, 15) is 4.79 Å². The smallest absolute Gasteiger partial charge is 0.323 e.